The summed E-state index contributed by atoms with van der Waals surface area (Å²) in [6.07, 6.45) is 5.27. The molecule has 1 fully saturated rings. The number of ether oxygens (including phenoxy) is 2. The highest BCUT2D eigenvalue weighted by Crippen LogP contribution is 2.27. The molecule has 1 unspecified atom stereocenters. The first kappa shape index (κ1) is 19.5. The first-order valence-electron chi connectivity index (χ1n) is 8.49. The predicted octanol–water partition coefficient (Wildman–Crippen LogP) is 3.14. The fourth-order valence-electron chi connectivity index (χ4n) is 2.52. The summed E-state index contributed by atoms with van der Waals surface area (Å²) >= 11 is 0. The molecule has 5 heteroatoms. The first-order valence-corrected chi connectivity index (χ1v) is 8.49. The molecule has 1 saturated heterocycles. The summed E-state index contributed by atoms with van der Waals surface area (Å²) in [5.74, 6) is 10.7. The van der Waals surface area contributed by atoms with E-state index in [1.54, 1.807) is 33.8 Å². The largest absolute Gasteiger partial charge is 0.509 e. The number of rotatable bonds is 2. The van der Waals surface area contributed by atoms with Gasteiger partial charge in [0.05, 0.1) is 5.41 Å². The smallest absolute Gasteiger partial charge is 0.424 e. The Morgan fingerprint density at radius 2 is 2.12 bits per heavy atom. The first-order chi connectivity index (χ1) is 12.1. The zero-order valence-electron chi connectivity index (χ0n) is 15.5. The minimum atomic E-state index is -1.03. The lowest BCUT2D eigenvalue weighted by Crippen LogP contribution is -2.38. The summed E-state index contributed by atoms with van der Waals surface area (Å²) < 4.78 is 9.89. The van der Waals surface area contributed by atoms with Gasteiger partial charge in [0.15, 0.2) is 5.60 Å². The average Bonchev–Trinajstić information content (AvgIpc) is 2.86. The highest BCUT2D eigenvalue weighted by Gasteiger charge is 2.47. The van der Waals surface area contributed by atoms with Crippen molar-refractivity contribution in [1.82, 2.24) is 0 Å². The van der Waals surface area contributed by atoms with Gasteiger partial charge in [0.2, 0.25) is 6.10 Å². The molecule has 0 saturated carbocycles. The van der Waals surface area contributed by atoms with E-state index in [2.05, 4.69) is 23.7 Å². The van der Waals surface area contributed by atoms with Gasteiger partial charge in [-0.1, -0.05) is 23.8 Å². The molecule has 2 aliphatic rings. The van der Waals surface area contributed by atoms with Gasteiger partial charge in [0.1, 0.15) is 6.29 Å². The van der Waals surface area contributed by atoms with E-state index >= 15 is 0 Å². The second kappa shape index (κ2) is 7.62. The number of aldehydes is 1. The van der Waals surface area contributed by atoms with Crippen LogP contribution in [-0.2, 0) is 19.1 Å². The lowest BCUT2D eigenvalue weighted by atomic mass is 9.92. The van der Waals surface area contributed by atoms with Crippen LogP contribution in [0.2, 0.25) is 0 Å². The van der Waals surface area contributed by atoms with Gasteiger partial charge < -0.3 is 14.3 Å². The lowest BCUT2D eigenvalue weighted by Gasteiger charge is -2.18. The Morgan fingerprint density at radius 1 is 1.38 bits per heavy atom. The predicted molar refractivity (Wildman–Crippen MR) is 95.9 cm³/mol. The van der Waals surface area contributed by atoms with Crippen molar-refractivity contribution in [2.45, 2.75) is 58.7 Å². The molecule has 0 bridgehead atoms. The van der Waals surface area contributed by atoms with Crippen LogP contribution >= 0.6 is 0 Å². The van der Waals surface area contributed by atoms with Crippen molar-refractivity contribution in [3.05, 3.63) is 23.3 Å². The van der Waals surface area contributed by atoms with Crippen molar-refractivity contribution in [1.29, 1.82) is 0 Å². The number of carbonyl (C=O) groups is 3. The molecule has 0 N–H and O–H groups in total. The summed E-state index contributed by atoms with van der Waals surface area (Å²) in [5.41, 5.74) is -0.0562. The second-order valence-electron chi connectivity index (χ2n) is 7.36. The maximum Gasteiger partial charge on any atom is 0.509 e. The number of ketones is 1. The van der Waals surface area contributed by atoms with Gasteiger partial charge in [-0.15, -0.1) is 0 Å². The van der Waals surface area contributed by atoms with Crippen molar-refractivity contribution in [2.24, 2.45) is 5.41 Å². The average molecular weight is 354 g/mol. The standard InChI is InChI=1S/C21H22O5/c1-20(2,14-22)13-7-10-15-8-5-6-9-16(15)11-12-17(23)18-21(3,4)26-19(24)25-18/h9-10,14,18H,5-6,8H2,1-4H3/b15-10-. The van der Waals surface area contributed by atoms with Gasteiger partial charge in [0, 0.05) is 5.57 Å². The SMILES string of the molecule is CC(C)(C#C/C=C1/CCCC=C1C#CC(=O)C1OC(=O)OC1(C)C)C=O. The molecule has 26 heavy (non-hydrogen) atoms. The number of cyclic esters (lactones) is 2. The van der Waals surface area contributed by atoms with Gasteiger partial charge in [-0.3, -0.25) is 4.79 Å². The van der Waals surface area contributed by atoms with Gasteiger partial charge in [-0.05, 0) is 64.5 Å². The van der Waals surface area contributed by atoms with E-state index in [1.807, 2.05) is 6.08 Å². The summed E-state index contributed by atoms with van der Waals surface area (Å²) in [7, 11) is 0. The summed E-state index contributed by atoms with van der Waals surface area (Å²) in [4.78, 5) is 34.5. The van der Waals surface area contributed by atoms with Crippen molar-refractivity contribution in [3.63, 3.8) is 0 Å². The molecule has 0 aromatic heterocycles. The van der Waals surface area contributed by atoms with Gasteiger partial charge in [-0.2, -0.15) is 0 Å². The van der Waals surface area contributed by atoms with Crippen LogP contribution in [0.15, 0.2) is 23.3 Å². The van der Waals surface area contributed by atoms with Crippen molar-refractivity contribution in [2.75, 3.05) is 0 Å². The highest BCUT2D eigenvalue weighted by molar-refractivity contribution is 6.02. The number of carbonyl (C=O) groups excluding carboxylic acids is 3. The summed E-state index contributed by atoms with van der Waals surface area (Å²) in [5, 5.41) is 0. The normalized spacial score (nSPS) is 22.8. The molecule has 136 valence electrons. The van der Waals surface area contributed by atoms with Crippen molar-refractivity contribution < 1.29 is 23.9 Å². The molecule has 2 rings (SSSR count). The van der Waals surface area contributed by atoms with Crippen LogP contribution in [0.3, 0.4) is 0 Å². The fraction of sp³-hybridized carbons (Fsp3) is 0.476. The number of hydrogen-bond acceptors (Lipinski definition) is 5. The third kappa shape index (κ3) is 4.86. The van der Waals surface area contributed by atoms with Crippen LogP contribution in [0.25, 0.3) is 0 Å². The third-order valence-electron chi connectivity index (χ3n) is 4.03. The Kier molecular flexibility index (Phi) is 5.73. The molecule has 1 atom stereocenters. The van der Waals surface area contributed by atoms with E-state index in [4.69, 9.17) is 9.47 Å². The fourth-order valence-corrected chi connectivity index (χ4v) is 2.52. The molecule has 0 radical (unpaired) electrons. The minimum Gasteiger partial charge on any atom is -0.424 e. The monoisotopic (exact) mass is 354 g/mol. The van der Waals surface area contributed by atoms with Gasteiger partial charge >= 0.3 is 6.16 Å². The molecular weight excluding hydrogens is 332 g/mol. The van der Waals surface area contributed by atoms with E-state index in [0.717, 1.165) is 36.7 Å². The Labute approximate surface area is 153 Å². The summed E-state index contributed by atoms with van der Waals surface area (Å²) in [6, 6.07) is 0. The third-order valence-corrected chi connectivity index (χ3v) is 4.03. The molecule has 0 aromatic carbocycles. The minimum absolute atomic E-state index is 0.500. The second-order valence-corrected chi connectivity index (χ2v) is 7.36. The van der Waals surface area contributed by atoms with E-state index in [9.17, 15) is 14.4 Å². The van der Waals surface area contributed by atoms with Gasteiger partial charge in [0.25, 0.3) is 5.78 Å². The van der Waals surface area contributed by atoms with Crippen molar-refractivity contribution in [3.8, 4) is 23.7 Å². The molecule has 1 heterocycles. The topological polar surface area (TPSA) is 69.7 Å². The molecule has 5 nitrogen and oxygen atoms in total. The number of Topliss-reactive ketones (excluding diaryl/α,β-unsaturated/α-hetero) is 1. The van der Waals surface area contributed by atoms with Crippen LogP contribution in [0, 0.1) is 29.1 Å². The zero-order chi connectivity index (χ0) is 19.4. The van der Waals surface area contributed by atoms with E-state index in [1.165, 1.54) is 0 Å². The lowest BCUT2D eigenvalue weighted by molar-refractivity contribution is -0.123. The summed E-state index contributed by atoms with van der Waals surface area (Å²) in [6.45, 7) is 6.71. The zero-order valence-corrected chi connectivity index (χ0v) is 15.5. The Morgan fingerprint density at radius 3 is 2.73 bits per heavy atom. The number of hydrogen-bond donors (Lipinski definition) is 0. The van der Waals surface area contributed by atoms with E-state index in [-0.39, 0.29) is 0 Å². The van der Waals surface area contributed by atoms with Crippen LogP contribution < -0.4 is 0 Å². The van der Waals surface area contributed by atoms with E-state index < -0.39 is 29.1 Å². The molecule has 0 spiro atoms. The quantitative estimate of drug-likeness (QED) is 0.330. The molecule has 1 aliphatic heterocycles. The molecule has 1 aliphatic carbocycles. The Balaban J connectivity index is 2.18. The van der Waals surface area contributed by atoms with Crippen LogP contribution in [0.4, 0.5) is 4.79 Å². The molecule has 0 amide bonds. The maximum absolute atomic E-state index is 12.3. The van der Waals surface area contributed by atoms with Crippen molar-refractivity contribution >= 4 is 18.2 Å². The highest BCUT2D eigenvalue weighted by atomic mass is 16.8. The maximum atomic E-state index is 12.3. The molecule has 0 aromatic rings. The van der Waals surface area contributed by atoms with E-state index in [0.29, 0.717) is 0 Å². The van der Waals surface area contributed by atoms with Crippen LogP contribution in [-0.4, -0.2) is 29.9 Å². The van der Waals surface area contributed by atoms with Gasteiger partial charge in [-0.25, -0.2) is 4.79 Å². The molecular formula is C21H22O5. The Hall–Kier alpha value is -2.79. The number of allylic oxidation sites excluding steroid dienone is 4. The van der Waals surface area contributed by atoms with Crippen LogP contribution in [0.1, 0.15) is 47.0 Å². The Bertz CT molecular complexity index is 803. The van der Waals surface area contributed by atoms with Crippen LogP contribution in [0.5, 0.6) is 0 Å².